The van der Waals surface area contributed by atoms with Gasteiger partial charge in [-0.3, -0.25) is 14.4 Å². The first kappa shape index (κ1) is 69.9. The van der Waals surface area contributed by atoms with Crippen molar-refractivity contribution in [3.05, 3.63) is 24.3 Å². The van der Waals surface area contributed by atoms with Gasteiger partial charge in [-0.15, -0.1) is 0 Å². The molecule has 0 saturated heterocycles. The fraction of sp³-hybridized carbons (Fsp3) is 0.894. The maximum Gasteiger partial charge on any atom is 0.306 e. The van der Waals surface area contributed by atoms with Crippen LogP contribution < -0.4 is 0 Å². The van der Waals surface area contributed by atoms with Crippen molar-refractivity contribution in [2.24, 2.45) is 0 Å². The van der Waals surface area contributed by atoms with Gasteiger partial charge in [0.2, 0.25) is 0 Å². The molecule has 424 valence electrons. The molecule has 0 aliphatic heterocycles. The van der Waals surface area contributed by atoms with Crippen LogP contribution in [0.2, 0.25) is 0 Å². The third-order valence-electron chi connectivity index (χ3n) is 14.7. The molecule has 6 nitrogen and oxygen atoms in total. The van der Waals surface area contributed by atoms with Crippen LogP contribution in [-0.2, 0) is 28.6 Å². The first-order valence-electron chi connectivity index (χ1n) is 32.3. The maximum absolute atomic E-state index is 12.8. The Hall–Kier alpha value is -2.11. The third-order valence-corrected chi connectivity index (χ3v) is 14.7. The molecule has 0 spiro atoms. The summed E-state index contributed by atoms with van der Waals surface area (Å²) in [5, 5.41) is 0. The summed E-state index contributed by atoms with van der Waals surface area (Å²) >= 11 is 0. The zero-order valence-electron chi connectivity index (χ0n) is 48.7. The second kappa shape index (κ2) is 61.4. The second-order valence-electron chi connectivity index (χ2n) is 22.0. The smallest absolute Gasteiger partial charge is 0.306 e. The average Bonchev–Trinajstić information content (AvgIpc) is 3.38. The second-order valence-corrected chi connectivity index (χ2v) is 22.0. The number of rotatable bonds is 60. The fourth-order valence-electron chi connectivity index (χ4n) is 9.78. The number of esters is 3. The summed E-state index contributed by atoms with van der Waals surface area (Å²) in [4.78, 5) is 38.1. The summed E-state index contributed by atoms with van der Waals surface area (Å²) in [6.07, 6.45) is 73.7. The van der Waals surface area contributed by atoms with Crippen LogP contribution >= 0.6 is 0 Å². The zero-order valence-corrected chi connectivity index (χ0v) is 48.7. The lowest BCUT2D eigenvalue weighted by Gasteiger charge is -2.18. The number of allylic oxidation sites excluding steroid dienone is 4. The lowest BCUT2D eigenvalue weighted by atomic mass is 10.0. The molecule has 1 unspecified atom stereocenters. The standard InChI is InChI=1S/C66H124O6/c1-4-7-10-13-16-19-22-24-25-26-27-28-29-30-31-32-33-34-35-36-37-38-39-40-41-42-45-47-50-53-56-59-65(68)71-62-63(61-70-64(67)58-55-52-49-46-43-21-18-15-12-9-6-3)72-66(69)60-57-54-51-48-44-23-20-17-14-11-8-5-2/h15,17-18,20,63H,4-14,16,19,21-62H2,1-3H3/b18-15-,20-17-. The van der Waals surface area contributed by atoms with Gasteiger partial charge >= 0.3 is 17.9 Å². The topological polar surface area (TPSA) is 78.9 Å². The molecule has 0 aromatic heterocycles. The first-order chi connectivity index (χ1) is 35.5. The fourth-order valence-corrected chi connectivity index (χ4v) is 9.78. The van der Waals surface area contributed by atoms with E-state index in [4.69, 9.17) is 14.2 Å². The van der Waals surface area contributed by atoms with Gasteiger partial charge in [0, 0.05) is 19.3 Å². The Balaban J connectivity index is 4.01. The Morgan fingerprint density at radius 2 is 0.472 bits per heavy atom. The van der Waals surface area contributed by atoms with Crippen LogP contribution in [0.4, 0.5) is 0 Å². The molecule has 0 aromatic rings. The Morgan fingerprint density at radius 1 is 0.264 bits per heavy atom. The van der Waals surface area contributed by atoms with E-state index in [1.807, 2.05) is 0 Å². The van der Waals surface area contributed by atoms with E-state index in [9.17, 15) is 14.4 Å². The van der Waals surface area contributed by atoms with Crippen LogP contribution in [0.3, 0.4) is 0 Å². The van der Waals surface area contributed by atoms with E-state index in [0.29, 0.717) is 19.3 Å². The van der Waals surface area contributed by atoms with Crippen molar-refractivity contribution in [3.8, 4) is 0 Å². The van der Waals surface area contributed by atoms with E-state index in [-0.39, 0.29) is 31.1 Å². The SMILES string of the molecule is CCCC/C=C\CCCCCCCC(=O)OCC(COC(=O)CCCCCCCCCCCCCCCCCCCCCCCCCCCCCCCCC)OC(=O)CCCCCCC/C=C\CCCCC. The van der Waals surface area contributed by atoms with Gasteiger partial charge < -0.3 is 14.2 Å². The van der Waals surface area contributed by atoms with Gasteiger partial charge in [-0.25, -0.2) is 0 Å². The van der Waals surface area contributed by atoms with Crippen LogP contribution in [0, 0.1) is 0 Å². The van der Waals surface area contributed by atoms with Gasteiger partial charge in [0.05, 0.1) is 0 Å². The number of carbonyl (C=O) groups excluding carboxylic acids is 3. The molecule has 0 aliphatic rings. The minimum atomic E-state index is -0.775. The first-order valence-corrected chi connectivity index (χ1v) is 32.3. The molecule has 0 heterocycles. The van der Waals surface area contributed by atoms with Gasteiger partial charge in [-0.2, -0.15) is 0 Å². The lowest BCUT2D eigenvalue weighted by molar-refractivity contribution is -0.167. The largest absolute Gasteiger partial charge is 0.462 e. The molecule has 6 heteroatoms. The zero-order chi connectivity index (χ0) is 52.2. The molecular formula is C66H124O6. The normalized spacial score (nSPS) is 12.1. The number of carbonyl (C=O) groups is 3. The van der Waals surface area contributed by atoms with E-state index >= 15 is 0 Å². The van der Waals surface area contributed by atoms with Crippen molar-refractivity contribution in [1.29, 1.82) is 0 Å². The van der Waals surface area contributed by atoms with Crippen LogP contribution in [0.25, 0.3) is 0 Å². The lowest BCUT2D eigenvalue weighted by Crippen LogP contribution is -2.30. The number of hydrogen-bond acceptors (Lipinski definition) is 6. The summed E-state index contributed by atoms with van der Waals surface area (Å²) in [6.45, 7) is 6.61. The molecule has 0 amide bonds. The highest BCUT2D eigenvalue weighted by molar-refractivity contribution is 5.71. The average molecular weight is 1010 g/mol. The Kier molecular flexibility index (Phi) is 59.6. The van der Waals surface area contributed by atoms with Crippen LogP contribution in [0.1, 0.15) is 361 Å². The molecule has 0 radical (unpaired) electrons. The van der Waals surface area contributed by atoms with E-state index in [1.54, 1.807) is 0 Å². The Morgan fingerprint density at radius 3 is 0.764 bits per heavy atom. The van der Waals surface area contributed by atoms with Crippen LogP contribution in [-0.4, -0.2) is 37.2 Å². The van der Waals surface area contributed by atoms with E-state index in [2.05, 4.69) is 45.1 Å². The van der Waals surface area contributed by atoms with E-state index in [1.165, 1.54) is 250 Å². The number of unbranched alkanes of at least 4 members (excludes halogenated alkanes) is 45. The van der Waals surface area contributed by atoms with Crippen molar-refractivity contribution in [1.82, 2.24) is 0 Å². The highest BCUT2D eigenvalue weighted by atomic mass is 16.6. The van der Waals surface area contributed by atoms with Crippen molar-refractivity contribution >= 4 is 17.9 Å². The van der Waals surface area contributed by atoms with Crippen molar-refractivity contribution in [3.63, 3.8) is 0 Å². The van der Waals surface area contributed by atoms with Crippen molar-refractivity contribution in [2.45, 2.75) is 367 Å². The van der Waals surface area contributed by atoms with Gasteiger partial charge in [0.1, 0.15) is 13.2 Å². The number of ether oxygens (including phenoxy) is 3. The molecule has 0 rings (SSSR count). The number of hydrogen-bond donors (Lipinski definition) is 0. The van der Waals surface area contributed by atoms with E-state index < -0.39 is 6.10 Å². The van der Waals surface area contributed by atoms with Gasteiger partial charge in [-0.05, 0) is 64.2 Å². The van der Waals surface area contributed by atoms with Crippen molar-refractivity contribution < 1.29 is 28.6 Å². The minimum absolute atomic E-state index is 0.0731. The van der Waals surface area contributed by atoms with Gasteiger partial charge in [0.15, 0.2) is 6.10 Å². The molecule has 0 N–H and O–H groups in total. The summed E-state index contributed by atoms with van der Waals surface area (Å²) in [7, 11) is 0. The molecule has 0 bridgehead atoms. The molecule has 0 fully saturated rings. The summed E-state index contributed by atoms with van der Waals surface area (Å²) in [5.41, 5.74) is 0. The van der Waals surface area contributed by atoms with E-state index in [0.717, 1.165) is 70.6 Å². The predicted molar refractivity (Wildman–Crippen MR) is 312 cm³/mol. The third kappa shape index (κ3) is 58.8. The predicted octanol–water partition coefficient (Wildman–Crippen LogP) is 21.8. The summed E-state index contributed by atoms with van der Waals surface area (Å²) in [6, 6.07) is 0. The van der Waals surface area contributed by atoms with Crippen LogP contribution in [0.15, 0.2) is 24.3 Å². The molecule has 72 heavy (non-hydrogen) atoms. The van der Waals surface area contributed by atoms with Gasteiger partial charge in [0.25, 0.3) is 0 Å². The molecular weight excluding hydrogens is 889 g/mol. The molecule has 0 aliphatic carbocycles. The van der Waals surface area contributed by atoms with Crippen LogP contribution in [0.5, 0.6) is 0 Å². The highest BCUT2D eigenvalue weighted by Gasteiger charge is 2.19. The monoisotopic (exact) mass is 1010 g/mol. The highest BCUT2D eigenvalue weighted by Crippen LogP contribution is 2.18. The molecule has 0 aromatic carbocycles. The molecule has 1 atom stereocenters. The minimum Gasteiger partial charge on any atom is -0.462 e. The Bertz CT molecular complexity index is 1160. The van der Waals surface area contributed by atoms with Crippen molar-refractivity contribution in [2.75, 3.05) is 13.2 Å². The maximum atomic E-state index is 12.8. The Labute approximate surface area is 449 Å². The summed E-state index contributed by atoms with van der Waals surface area (Å²) in [5.74, 6) is -0.873. The summed E-state index contributed by atoms with van der Waals surface area (Å²) < 4.78 is 16.8. The molecule has 0 saturated carbocycles. The van der Waals surface area contributed by atoms with Gasteiger partial charge in [-0.1, -0.05) is 302 Å². The quantitative estimate of drug-likeness (QED) is 0.0261.